The molecule has 0 spiro atoms. The molecule has 1 aliphatic carbocycles. The molecule has 1 rings (SSSR count). The molecule has 0 N–H and O–H groups in total. The van der Waals surface area contributed by atoms with Gasteiger partial charge in [-0.15, -0.1) is 23.2 Å². The van der Waals surface area contributed by atoms with E-state index in [1.807, 2.05) is 0 Å². The van der Waals surface area contributed by atoms with Gasteiger partial charge in [-0.1, -0.05) is 12.2 Å². The summed E-state index contributed by atoms with van der Waals surface area (Å²) in [5.41, 5.74) is 0. The molecule has 0 unspecified atom stereocenters. The maximum Gasteiger partial charge on any atom is 0.0359 e. The van der Waals surface area contributed by atoms with E-state index in [1.165, 1.54) is 25.7 Å². The van der Waals surface area contributed by atoms with Crippen molar-refractivity contribution in [2.45, 2.75) is 25.7 Å². The quantitative estimate of drug-likeness (QED) is 0.428. The van der Waals surface area contributed by atoms with E-state index < -0.39 is 0 Å². The van der Waals surface area contributed by atoms with Crippen LogP contribution in [-0.4, -0.2) is 11.8 Å². The molecule has 0 aromatic rings. The van der Waals surface area contributed by atoms with Crippen molar-refractivity contribution in [3.63, 3.8) is 0 Å². The van der Waals surface area contributed by atoms with Crippen LogP contribution >= 0.6 is 23.2 Å². The van der Waals surface area contributed by atoms with Gasteiger partial charge >= 0.3 is 0 Å². The van der Waals surface area contributed by atoms with Crippen LogP contribution in [0.25, 0.3) is 0 Å². The van der Waals surface area contributed by atoms with Gasteiger partial charge in [-0.25, -0.2) is 0 Å². The van der Waals surface area contributed by atoms with Gasteiger partial charge in [-0.3, -0.25) is 0 Å². The van der Waals surface area contributed by atoms with Crippen molar-refractivity contribution in [1.29, 1.82) is 0 Å². The summed E-state index contributed by atoms with van der Waals surface area (Å²) in [5, 5.41) is 0. The third-order valence-corrected chi connectivity index (χ3v) is 1.80. The highest BCUT2D eigenvalue weighted by Gasteiger charge is 1.87. The van der Waals surface area contributed by atoms with Crippen LogP contribution in [0, 0.1) is 0 Å². The van der Waals surface area contributed by atoms with Gasteiger partial charge in [0, 0.05) is 11.8 Å². The SMILES string of the molecule is C1=CCCCC1.ClCCCl. The van der Waals surface area contributed by atoms with Crippen LogP contribution in [0.5, 0.6) is 0 Å². The van der Waals surface area contributed by atoms with Gasteiger partial charge in [0.25, 0.3) is 0 Å². The minimum atomic E-state index is 0.557. The van der Waals surface area contributed by atoms with E-state index in [-0.39, 0.29) is 0 Å². The second-order valence-electron chi connectivity index (χ2n) is 2.13. The Labute approximate surface area is 73.2 Å². The van der Waals surface area contributed by atoms with Crippen molar-refractivity contribution in [3.8, 4) is 0 Å². The van der Waals surface area contributed by atoms with Crippen LogP contribution < -0.4 is 0 Å². The van der Waals surface area contributed by atoms with Crippen molar-refractivity contribution in [2.24, 2.45) is 0 Å². The van der Waals surface area contributed by atoms with Gasteiger partial charge in [-0.05, 0) is 25.7 Å². The Kier molecular flexibility index (Phi) is 9.62. The van der Waals surface area contributed by atoms with Crippen LogP contribution in [-0.2, 0) is 0 Å². The zero-order chi connectivity index (χ0) is 7.66. The zero-order valence-electron chi connectivity index (χ0n) is 6.15. The zero-order valence-corrected chi connectivity index (χ0v) is 7.67. The van der Waals surface area contributed by atoms with Crippen LogP contribution in [0.3, 0.4) is 0 Å². The molecular weight excluding hydrogens is 167 g/mol. The summed E-state index contributed by atoms with van der Waals surface area (Å²) < 4.78 is 0. The molecule has 0 saturated carbocycles. The van der Waals surface area contributed by atoms with E-state index in [2.05, 4.69) is 12.2 Å². The molecule has 10 heavy (non-hydrogen) atoms. The Morgan fingerprint density at radius 3 is 1.40 bits per heavy atom. The topological polar surface area (TPSA) is 0 Å². The summed E-state index contributed by atoms with van der Waals surface area (Å²) in [6, 6.07) is 0. The summed E-state index contributed by atoms with van der Waals surface area (Å²) in [7, 11) is 0. The molecule has 0 saturated heterocycles. The average Bonchev–Trinajstić information content (AvgIpc) is 2.08. The van der Waals surface area contributed by atoms with E-state index in [4.69, 9.17) is 23.2 Å². The summed E-state index contributed by atoms with van der Waals surface area (Å²) in [6.45, 7) is 0. The van der Waals surface area contributed by atoms with Crippen LogP contribution in [0.4, 0.5) is 0 Å². The molecule has 0 atom stereocenters. The van der Waals surface area contributed by atoms with E-state index in [1.54, 1.807) is 0 Å². The number of rotatable bonds is 1. The molecule has 0 bridgehead atoms. The van der Waals surface area contributed by atoms with Crippen LogP contribution in [0.15, 0.2) is 12.2 Å². The summed E-state index contributed by atoms with van der Waals surface area (Å²) in [5.74, 6) is 1.11. The highest BCUT2D eigenvalue weighted by atomic mass is 35.5. The lowest BCUT2D eigenvalue weighted by molar-refractivity contribution is 0.730. The number of hydrogen-bond acceptors (Lipinski definition) is 0. The number of alkyl halides is 2. The Hall–Kier alpha value is 0.320. The fraction of sp³-hybridized carbons (Fsp3) is 0.750. The summed E-state index contributed by atoms with van der Waals surface area (Å²) in [4.78, 5) is 0. The molecule has 0 nitrogen and oxygen atoms in total. The van der Waals surface area contributed by atoms with Crippen molar-refractivity contribution in [2.75, 3.05) is 11.8 Å². The van der Waals surface area contributed by atoms with E-state index in [0.29, 0.717) is 11.8 Å². The lowest BCUT2D eigenvalue weighted by Gasteiger charge is -1.97. The molecule has 0 fully saturated rings. The fourth-order valence-corrected chi connectivity index (χ4v) is 0.760. The second-order valence-corrected chi connectivity index (χ2v) is 2.89. The lowest BCUT2D eigenvalue weighted by Crippen LogP contribution is -1.77. The smallest absolute Gasteiger partial charge is 0.0359 e. The number of hydrogen-bond donors (Lipinski definition) is 0. The Morgan fingerprint density at radius 1 is 0.900 bits per heavy atom. The number of halogens is 2. The molecule has 0 aromatic heterocycles. The highest BCUT2D eigenvalue weighted by Crippen LogP contribution is 2.07. The predicted octanol–water partition coefficient (Wildman–Crippen LogP) is 3.58. The van der Waals surface area contributed by atoms with Gasteiger partial charge in [0.15, 0.2) is 0 Å². The molecule has 0 aromatic carbocycles. The molecule has 0 aliphatic heterocycles. The molecule has 1 aliphatic rings. The van der Waals surface area contributed by atoms with Gasteiger partial charge in [0.1, 0.15) is 0 Å². The molecular formula is C8H14Cl2. The first-order valence-corrected chi connectivity index (χ1v) is 4.75. The Morgan fingerprint density at radius 2 is 1.30 bits per heavy atom. The Bertz CT molecular complexity index is 69.3. The second kappa shape index (κ2) is 9.32. The normalized spacial score (nSPS) is 15.8. The highest BCUT2D eigenvalue weighted by molar-refractivity contribution is 6.25. The van der Waals surface area contributed by atoms with Crippen molar-refractivity contribution in [1.82, 2.24) is 0 Å². The Balaban J connectivity index is 0.000000180. The van der Waals surface area contributed by atoms with E-state index in [0.717, 1.165) is 0 Å². The standard InChI is InChI=1S/C6H10.C2H4Cl2/c1-2-4-6-5-3-1;3-1-2-4/h1-2H,3-6H2;1-2H2. The average molecular weight is 181 g/mol. The molecule has 60 valence electrons. The predicted molar refractivity (Wildman–Crippen MR) is 49.0 cm³/mol. The maximum atomic E-state index is 5.05. The molecule has 0 radical (unpaired) electrons. The van der Waals surface area contributed by atoms with Gasteiger partial charge < -0.3 is 0 Å². The van der Waals surface area contributed by atoms with Crippen molar-refractivity contribution >= 4 is 23.2 Å². The van der Waals surface area contributed by atoms with E-state index in [9.17, 15) is 0 Å². The first kappa shape index (κ1) is 10.3. The fourth-order valence-electron chi connectivity index (χ4n) is 0.760. The molecule has 0 amide bonds. The molecule has 0 heterocycles. The largest absolute Gasteiger partial charge is 0.125 e. The van der Waals surface area contributed by atoms with E-state index >= 15 is 0 Å². The van der Waals surface area contributed by atoms with Crippen LogP contribution in [0.2, 0.25) is 0 Å². The minimum absolute atomic E-state index is 0.557. The first-order valence-electron chi connectivity index (χ1n) is 3.68. The van der Waals surface area contributed by atoms with Gasteiger partial charge in [0.2, 0.25) is 0 Å². The molecule has 2 heteroatoms. The van der Waals surface area contributed by atoms with Crippen LogP contribution in [0.1, 0.15) is 25.7 Å². The first-order chi connectivity index (χ1) is 4.91. The van der Waals surface area contributed by atoms with Crippen molar-refractivity contribution in [3.05, 3.63) is 12.2 Å². The number of allylic oxidation sites excluding steroid dienone is 2. The monoisotopic (exact) mass is 180 g/mol. The third kappa shape index (κ3) is 8.32. The maximum absolute atomic E-state index is 5.05. The van der Waals surface area contributed by atoms with Gasteiger partial charge in [0.05, 0.1) is 0 Å². The lowest BCUT2D eigenvalue weighted by atomic mass is 10.1. The van der Waals surface area contributed by atoms with Gasteiger partial charge in [-0.2, -0.15) is 0 Å². The summed E-state index contributed by atoms with van der Waals surface area (Å²) in [6.07, 6.45) is 10.0. The minimum Gasteiger partial charge on any atom is -0.125 e. The van der Waals surface area contributed by atoms with Crippen molar-refractivity contribution < 1.29 is 0 Å². The third-order valence-electron chi connectivity index (χ3n) is 1.23. The summed E-state index contributed by atoms with van der Waals surface area (Å²) >= 11 is 10.1.